The zero-order chi connectivity index (χ0) is 16.8. The van der Waals surface area contributed by atoms with E-state index in [2.05, 4.69) is 0 Å². The fourth-order valence-electron chi connectivity index (χ4n) is 3.50. The van der Waals surface area contributed by atoms with E-state index >= 15 is 0 Å². The maximum Gasteiger partial charge on any atom is 0.243 e. The van der Waals surface area contributed by atoms with Crippen molar-refractivity contribution in [1.29, 1.82) is 0 Å². The average molecular weight is 358 g/mol. The van der Waals surface area contributed by atoms with Crippen LogP contribution in [0, 0.1) is 0 Å². The summed E-state index contributed by atoms with van der Waals surface area (Å²) in [6, 6.07) is 4.60. The largest absolute Gasteiger partial charge is 0.267 e. The van der Waals surface area contributed by atoms with Crippen LogP contribution in [0.15, 0.2) is 23.1 Å². The standard InChI is InChI=1S/C15H22N2O4S2/c1-12-10-13-11-14(6-7-15(13)17(12)22(2,18)19)23(20,21)16-8-4-3-5-9-16/h6-7,11-12H,3-5,8-10H2,1-2H3/t12-/m1/s1. The molecule has 1 aromatic rings. The zero-order valence-corrected chi connectivity index (χ0v) is 15.0. The lowest BCUT2D eigenvalue weighted by Crippen LogP contribution is -2.35. The number of sulfonamides is 2. The van der Waals surface area contributed by atoms with Gasteiger partial charge in [0.25, 0.3) is 0 Å². The van der Waals surface area contributed by atoms with Gasteiger partial charge in [0.15, 0.2) is 0 Å². The Bertz CT molecular complexity index is 812. The van der Waals surface area contributed by atoms with Crippen LogP contribution in [0.2, 0.25) is 0 Å². The second-order valence-electron chi connectivity index (χ2n) is 6.37. The van der Waals surface area contributed by atoms with E-state index in [4.69, 9.17) is 0 Å². The van der Waals surface area contributed by atoms with Gasteiger partial charge in [-0.2, -0.15) is 4.31 Å². The molecule has 2 heterocycles. The summed E-state index contributed by atoms with van der Waals surface area (Å²) in [6.07, 6.45) is 4.56. The highest BCUT2D eigenvalue weighted by Gasteiger charge is 2.34. The molecule has 2 aliphatic rings. The summed E-state index contributed by atoms with van der Waals surface area (Å²) >= 11 is 0. The summed E-state index contributed by atoms with van der Waals surface area (Å²) in [5.41, 5.74) is 1.37. The molecule has 0 aliphatic carbocycles. The number of hydrogen-bond donors (Lipinski definition) is 0. The SMILES string of the molecule is C[C@@H]1Cc2cc(S(=O)(=O)N3CCCCC3)ccc2N1S(C)(=O)=O. The van der Waals surface area contributed by atoms with Crippen LogP contribution in [-0.4, -0.2) is 46.5 Å². The molecule has 2 aliphatic heterocycles. The topological polar surface area (TPSA) is 74.8 Å². The third-order valence-electron chi connectivity index (χ3n) is 4.51. The summed E-state index contributed by atoms with van der Waals surface area (Å²) < 4.78 is 52.3. The fourth-order valence-corrected chi connectivity index (χ4v) is 6.33. The molecule has 0 radical (unpaired) electrons. The molecular formula is C15H22N2O4S2. The molecule has 23 heavy (non-hydrogen) atoms. The maximum atomic E-state index is 12.7. The van der Waals surface area contributed by atoms with Crippen molar-refractivity contribution in [3.05, 3.63) is 23.8 Å². The van der Waals surface area contributed by atoms with Gasteiger partial charge in [0.2, 0.25) is 20.0 Å². The van der Waals surface area contributed by atoms with Crippen LogP contribution in [0.25, 0.3) is 0 Å². The quantitative estimate of drug-likeness (QED) is 0.822. The van der Waals surface area contributed by atoms with Crippen LogP contribution in [-0.2, 0) is 26.5 Å². The number of hydrogen-bond acceptors (Lipinski definition) is 4. The van der Waals surface area contributed by atoms with Crippen molar-refractivity contribution in [2.24, 2.45) is 0 Å². The Balaban J connectivity index is 1.98. The second-order valence-corrected chi connectivity index (χ2v) is 10.2. The van der Waals surface area contributed by atoms with Gasteiger partial charge in [-0.15, -0.1) is 0 Å². The van der Waals surface area contributed by atoms with E-state index in [1.54, 1.807) is 12.1 Å². The summed E-state index contributed by atoms with van der Waals surface area (Å²) in [5.74, 6) is 0. The molecule has 1 saturated heterocycles. The van der Waals surface area contributed by atoms with Crippen LogP contribution < -0.4 is 4.31 Å². The smallest absolute Gasteiger partial charge is 0.243 e. The van der Waals surface area contributed by atoms with Gasteiger partial charge in [-0.25, -0.2) is 16.8 Å². The Kier molecular flexibility index (Phi) is 4.18. The minimum Gasteiger partial charge on any atom is -0.267 e. The van der Waals surface area contributed by atoms with E-state index in [1.807, 2.05) is 6.92 Å². The molecule has 0 spiro atoms. The highest BCUT2D eigenvalue weighted by atomic mass is 32.2. The van der Waals surface area contributed by atoms with E-state index < -0.39 is 20.0 Å². The van der Waals surface area contributed by atoms with Crippen molar-refractivity contribution in [2.75, 3.05) is 23.7 Å². The van der Waals surface area contributed by atoms with Crippen LogP contribution in [0.3, 0.4) is 0 Å². The van der Waals surface area contributed by atoms with Gasteiger partial charge in [-0.3, -0.25) is 4.31 Å². The minimum atomic E-state index is -3.49. The summed E-state index contributed by atoms with van der Waals surface area (Å²) in [5, 5.41) is 0. The van der Waals surface area contributed by atoms with Gasteiger partial charge in [0, 0.05) is 19.1 Å². The van der Waals surface area contributed by atoms with Gasteiger partial charge in [-0.1, -0.05) is 6.42 Å². The molecule has 3 rings (SSSR count). The Morgan fingerprint density at radius 3 is 2.30 bits per heavy atom. The molecule has 0 amide bonds. The molecular weight excluding hydrogens is 336 g/mol. The van der Waals surface area contributed by atoms with Crippen molar-refractivity contribution < 1.29 is 16.8 Å². The first-order valence-corrected chi connectivity index (χ1v) is 11.1. The molecule has 1 aromatic carbocycles. The van der Waals surface area contributed by atoms with Gasteiger partial charge in [0.05, 0.1) is 16.8 Å². The Morgan fingerprint density at radius 2 is 1.70 bits per heavy atom. The lowest BCUT2D eigenvalue weighted by Gasteiger charge is -2.26. The molecule has 1 atom stereocenters. The molecule has 0 unspecified atom stereocenters. The zero-order valence-electron chi connectivity index (χ0n) is 13.4. The van der Waals surface area contributed by atoms with Crippen LogP contribution in [0.1, 0.15) is 31.7 Å². The number of fused-ring (bicyclic) bond motifs is 1. The minimum absolute atomic E-state index is 0.187. The number of anilines is 1. The van der Waals surface area contributed by atoms with Crippen molar-refractivity contribution in [2.45, 2.75) is 43.5 Å². The average Bonchev–Trinajstić information content (AvgIpc) is 2.82. The molecule has 128 valence electrons. The van der Waals surface area contributed by atoms with Gasteiger partial charge in [0.1, 0.15) is 0 Å². The van der Waals surface area contributed by atoms with Gasteiger partial charge < -0.3 is 0 Å². The normalized spacial score (nSPS) is 23.0. The lowest BCUT2D eigenvalue weighted by molar-refractivity contribution is 0.346. The Hall–Kier alpha value is -1.12. The Labute approximate surface area is 138 Å². The third kappa shape index (κ3) is 2.99. The van der Waals surface area contributed by atoms with E-state index in [1.165, 1.54) is 20.9 Å². The predicted molar refractivity (Wildman–Crippen MR) is 89.5 cm³/mol. The van der Waals surface area contributed by atoms with E-state index in [0.717, 1.165) is 24.8 Å². The van der Waals surface area contributed by atoms with Crippen molar-refractivity contribution in [1.82, 2.24) is 4.31 Å². The second kappa shape index (κ2) is 5.75. The van der Waals surface area contributed by atoms with Gasteiger partial charge >= 0.3 is 0 Å². The van der Waals surface area contributed by atoms with E-state index in [0.29, 0.717) is 25.2 Å². The number of benzene rings is 1. The molecule has 0 aromatic heterocycles. The molecule has 8 heteroatoms. The molecule has 0 bridgehead atoms. The van der Waals surface area contributed by atoms with Crippen LogP contribution in [0.4, 0.5) is 5.69 Å². The van der Waals surface area contributed by atoms with Crippen molar-refractivity contribution in [3.63, 3.8) is 0 Å². The lowest BCUT2D eigenvalue weighted by atomic mass is 10.1. The predicted octanol–water partition coefficient (Wildman–Crippen LogP) is 1.57. The summed E-state index contributed by atoms with van der Waals surface area (Å²) in [4.78, 5) is 0.265. The van der Waals surface area contributed by atoms with E-state index in [9.17, 15) is 16.8 Å². The van der Waals surface area contributed by atoms with Crippen molar-refractivity contribution >= 4 is 25.7 Å². The molecule has 0 N–H and O–H groups in total. The maximum absolute atomic E-state index is 12.7. The Morgan fingerprint density at radius 1 is 1.04 bits per heavy atom. The first-order valence-electron chi connectivity index (χ1n) is 7.84. The van der Waals surface area contributed by atoms with Crippen molar-refractivity contribution in [3.8, 4) is 0 Å². The van der Waals surface area contributed by atoms with Crippen LogP contribution >= 0.6 is 0 Å². The highest BCUT2D eigenvalue weighted by Crippen LogP contribution is 2.36. The summed E-state index contributed by atoms with van der Waals surface area (Å²) in [7, 11) is -6.85. The van der Waals surface area contributed by atoms with Crippen LogP contribution in [0.5, 0.6) is 0 Å². The first kappa shape index (κ1) is 16.7. The number of piperidine rings is 1. The van der Waals surface area contributed by atoms with E-state index in [-0.39, 0.29) is 10.9 Å². The molecule has 1 fully saturated rings. The third-order valence-corrected chi connectivity index (χ3v) is 7.68. The molecule has 0 saturated carbocycles. The van der Waals surface area contributed by atoms with Gasteiger partial charge in [-0.05, 0) is 49.9 Å². The molecule has 6 nitrogen and oxygen atoms in total. The number of rotatable bonds is 3. The fraction of sp³-hybridized carbons (Fsp3) is 0.600. The monoisotopic (exact) mass is 358 g/mol. The first-order chi connectivity index (χ1) is 10.7. The highest BCUT2D eigenvalue weighted by molar-refractivity contribution is 7.92. The number of nitrogens with zero attached hydrogens (tertiary/aromatic N) is 2. The summed E-state index contributed by atoms with van der Waals surface area (Å²) in [6.45, 7) is 2.95.